The van der Waals surface area contributed by atoms with Crippen molar-refractivity contribution in [3.8, 4) is 5.75 Å². The molecule has 0 spiro atoms. The van der Waals surface area contributed by atoms with Gasteiger partial charge in [-0.15, -0.1) is 12.4 Å². The summed E-state index contributed by atoms with van der Waals surface area (Å²) in [5, 5.41) is 16.0. The summed E-state index contributed by atoms with van der Waals surface area (Å²) in [6, 6.07) is 26.7. The quantitative estimate of drug-likeness (QED) is 0.311. The van der Waals surface area contributed by atoms with Gasteiger partial charge < -0.3 is 24.5 Å². The van der Waals surface area contributed by atoms with Gasteiger partial charge in [-0.25, -0.2) is 0 Å². The molecule has 1 heterocycles. The van der Waals surface area contributed by atoms with E-state index in [9.17, 15) is 9.90 Å². The molecule has 0 aliphatic carbocycles. The van der Waals surface area contributed by atoms with E-state index < -0.39 is 11.8 Å². The van der Waals surface area contributed by atoms with Crippen molar-refractivity contribution in [1.29, 1.82) is 0 Å². The smallest absolute Gasteiger partial charge is 0.254 e. The highest BCUT2D eigenvalue weighted by Crippen LogP contribution is 2.36. The molecule has 0 radical (unpaired) electrons. The van der Waals surface area contributed by atoms with Gasteiger partial charge in [-0.3, -0.25) is 4.79 Å². The summed E-state index contributed by atoms with van der Waals surface area (Å²) in [6.45, 7) is 0.224. The summed E-state index contributed by atoms with van der Waals surface area (Å²) < 4.78 is 5.19. The number of carbonyl (C=O) groups is 1. The lowest BCUT2D eigenvalue weighted by Crippen LogP contribution is -2.50. The first-order chi connectivity index (χ1) is 17.9. The van der Waals surface area contributed by atoms with Crippen LogP contribution in [-0.2, 0) is 16.2 Å². The summed E-state index contributed by atoms with van der Waals surface area (Å²) in [7, 11) is 5.01. The van der Waals surface area contributed by atoms with E-state index in [1.54, 1.807) is 44.5 Å². The second-order valence-electron chi connectivity index (χ2n) is 8.89. The highest BCUT2D eigenvalue weighted by atomic mass is 35.5. The SMILES string of the molecule is COc1ccc(CON=CC2(O)C=CC(C(=O)N(C)C)=CN2C(c2ccccc2)c2ccccc2)cc1.Cl. The Morgan fingerprint density at radius 3 is 2.11 bits per heavy atom. The van der Waals surface area contributed by atoms with Gasteiger partial charge in [0, 0.05) is 20.3 Å². The van der Waals surface area contributed by atoms with Crippen LogP contribution in [0.1, 0.15) is 22.7 Å². The number of carbonyl (C=O) groups excluding carboxylic acids is 1. The molecule has 0 aromatic heterocycles. The van der Waals surface area contributed by atoms with Gasteiger partial charge in [0.2, 0.25) is 0 Å². The highest BCUT2D eigenvalue weighted by molar-refractivity contribution is 5.96. The second kappa shape index (κ2) is 12.9. The van der Waals surface area contributed by atoms with Crippen molar-refractivity contribution in [2.24, 2.45) is 5.16 Å². The molecule has 3 aromatic carbocycles. The van der Waals surface area contributed by atoms with Crippen LogP contribution in [0.15, 0.2) is 114 Å². The third kappa shape index (κ3) is 6.62. The Morgan fingerprint density at radius 2 is 1.58 bits per heavy atom. The number of amides is 1. The average molecular weight is 534 g/mol. The van der Waals surface area contributed by atoms with E-state index in [1.165, 1.54) is 11.1 Å². The van der Waals surface area contributed by atoms with Crippen LogP contribution in [0.25, 0.3) is 0 Å². The van der Waals surface area contributed by atoms with Crippen molar-refractivity contribution >= 4 is 24.5 Å². The van der Waals surface area contributed by atoms with Gasteiger partial charge in [0.05, 0.1) is 18.7 Å². The molecule has 1 N–H and O–H groups in total. The Hall–Kier alpha value is -4.07. The van der Waals surface area contributed by atoms with Gasteiger partial charge in [-0.1, -0.05) is 78.0 Å². The molecule has 1 unspecified atom stereocenters. The minimum atomic E-state index is -1.66. The Kier molecular flexibility index (Phi) is 9.71. The van der Waals surface area contributed by atoms with Gasteiger partial charge in [0.15, 0.2) is 5.72 Å². The largest absolute Gasteiger partial charge is 0.497 e. The van der Waals surface area contributed by atoms with E-state index in [4.69, 9.17) is 9.57 Å². The molecule has 4 rings (SSSR count). The lowest BCUT2D eigenvalue weighted by atomic mass is 9.93. The number of benzene rings is 3. The number of aliphatic hydroxyl groups is 1. The number of halogens is 1. The summed E-state index contributed by atoms with van der Waals surface area (Å²) in [4.78, 5) is 21.6. The van der Waals surface area contributed by atoms with Crippen LogP contribution in [0.3, 0.4) is 0 Å². The van der Waals surface area contributed by atoms with Crippen LogP contribution < -0.4 is 4.74 Å². The molecular weight excluding hydrogens is 502 g/mol. The second-order valence-corrected chi connectivity index (χ2v) is 8.89. The zero-order valence-corrected chi connectivity index (χ0v) is 22.4. The molecule has 1 amide bonds. The topological polar surface area (TPSA) is 74.6 Å². The third-order valence-corrected chi connectivity index (χ3v) is 6.07. The molecule has 8 heteroatoms. The van der Waals surface area contributed by atoms with Crippen molar-refractivity contribution in [2.45, 2.75) is 18.4 Å². The van der Waals surface area contributed by atoms with Crippen LogP contribution in [-0.4, -0.2) is 54.0 Å². The number of ether oxygens (including phenoxy) is 1. The zero-order chi connectivity index (χ0) is 26.3. The van der Waals surface area contributed by atoms with Gasteiger partial charge in [0.25, 0.3) is 5.91 Å². The lowest BCUT2D eigenvalue weighted by Gasteiger charge is -2.42. The molecule has 0 fully saturated rings. The molecule has 3 aromatic rings. The van der Waals surface area contributed by atoms with E-state index in [0.717, 1.165) is 22.4 Å². The highest BCUT2D eigenvalue weighted by Gasteiger charge is 2.38. The standard InChI is InChI=1S/C30H31N3O4.ClH/c1-32(2)29(34)26-18-19-30(35,22-31-37-21-23-14-16-27(36-3)17-15-23)33(20-26)28(24-10-6-4-7-11-24)25-12-8-5-9-13-25;/h4-20,22,28,35H,21H2,1-3H3;1H. The fourth-order valence-electron chi connectivity index (χ4n) is 4.10. The zero-order valence-electron chi connectivity index (χ0n) is 21.6. The summed E-state index contributed by atoms with van der Waals surface area (Å²) in [5.41, 5.74) is 1.59. The molecule has 7 nitrogen and oxygen atoms in total. The van der Waals surface area contributed by atoms with Crippen molar-refractivity contribution in [3.05, 3.63) is 126 Å². The molecule has 0 saturated heterocycles. The van der Waals surface area contributed by atoms with Crippen LogP contribution in [0.5, 0.6) is 5.75 Å². The molecule has 0 bridgehead atoms. The molecule has 0 saturated carbocycles. The van der Waals surface area contributed by atoms with Crippen molar-refractivity contribution in [2.75, 3.05) is 21.2 Å². The van der Waals surface area contributed by atoms with E-state index in [1.807, 2.05) is 84.9 Å². The molecule has 198 valence electrons. The number of rotatable bonds is 9. The number of hydrogen-bond donors (Lipinski definition) is 1. The average Bonchev–Trinajstić information content (AvgIpc) is 2.93. The Bertz CT molecular complexity index is 1240. The molecule has 38 heavy (non-hydrogen) atoms. The predicted molar refractivity (Wildman–Crippen MR) is 151 cm³/mol. The molecule has 1 aliphatic heterocycles. The fourth-order valence-corrected chi connectivity index (χ4v) is 4.10. The number of nitrogens with zero attached hydrogens (tertiary/aromatic N) is 3. The maximum Gasteiger partial charge on any atom is 0.254 e. The minimum Gasteiger partial charge on any atom is -0.497 e. The van der Waals surface area contributed by atoms with Crippen molar-refractivity contribution in [1.82, 2.24) is 9.80 Å². The first-order valence-electron chi connectivity index (χ1n) is 11.9. The van der Waals surface area contributed by atoms with Gasteiger partial charge >= 0.3 is 0 Å². The van der Waals surface area contributed by atoms with Crippen LogP contribution in [0.2, 0.25) is 0 Å². The summed E-state index contributed by atoms with van der Waals surface area (Å²) >= 11 is 0. The van der Waals surface area contributed by atoms with Crippen molar-refractivity contribution in [3.63, 3.8) is 0 Å². The van der Waals surface area contributed by atoms with E-state index in [2.05, 4.69) is 5.16 Å². The normalized spacial score (nSPS) is 16.7. The van der Waals surface area contributed by atoms with Gasteiger partial charge in [0.1, 0.15) is 18.6 Å². The number of methoxy groups -OCH3 is 1. The Morgan fingerprint density at radius 1 is 1.00 bits per heavy atom. The monoisotopic (exact) mass is 533 g/mol. The Labute approximate surface area is 229 Å². The predicted octanol–water partition coefficient (Wildman–Crippen LogP) is 4.94. The first-order valence-corrected chi connectivity index (χ1v) is 11.9. The van der Waals surface area contributed by atoms with E-state index in [-0.39, 0.29) is 24.9 Å². The van der Waals surface area contributed by atoms with Crippen LogP contribution in [0.4, 0.5) is 0 Å². The fraction of sp³-hybridized carbons (Fsp3) is 0.200. The lowest BCUT2D eigenvalue weighted by molar-refractivity contribution is -0.124. The van der Waals surface area contributed by atoms with E-state index in [0.29, 0.717) is 5.57 Å². The molecular formula is C30H32ClN3O4. The molecule has 1 aliphatic rings. The minimum absolute atomic E-state index is 0. The first kappa shape index (κ1) is 28.5. The van der Waals surface area contributed by atoms with Crippen LogP contribution >= 0.6 is 12.4 Å². The summed E-state index contributed by atoms with van der Waals surface area (Å²) in [5.74, 6) is 0.586. The third-order valence-electron chi connectivity index (χ3n) is 6.07. The van der Waals surface area contributed by atoms with Crippen molar-refractivity contribution < 1.29 is 19.5 Å². The number of hydrogen-bond acceptors (Lipinski definition) is 6. The number of oxime groups is 1. The summed E-state index contributed by atoms with van der Waals surface area (Å²) in [6.07, 6.45) is 6.20. The molecule has 1 atom stereocenters. The maximum atomic E-state index is 12.8. The number of likely N-dealkylation sites (N-methyl/N-ethyl adjacent to an activating group) is 1. The maximum absolute atomic E-state index is 12.8. The van der Waals surface area contributed by atoms with Gasteiger partial charge in [-0.2, -0.15) is 0 Å². The van der Waals surface area contributed by atoms with E-state index >= 15 is 0 Å². The van der Waals surface area contributed by atoms with Gasteiger partial charge in [-0.05, 0) is 41.0 Å². The van der Waals surface area contributed by atoms with Crippen LogP contribution in [0, 0.1) is 0 Å². The Balaban J connectivity index is 0.00000400.